The minimum atomic E-state index is -1.22. The summed E-state index contributed by atoms with van der Waals surface area (Å²) < 4.78 is 33.4. The summed E-state index contributed by atoms with van der Waals surface area (Å²) >= 11 is 0. The normalized spacial score (nSPS) is 14.1. The largest absolute Gasteiger partial charge is 0.493 e. The summed E-state index contributed by atoms with van der Waals surface area (Å²) in [6, 6.07) is 16.5. The van der Waals surface area contributed by atoms with E-state index in [4.69, 9.17) is 28.4 Å². The number of benzene rings is 3. The fraction of sp³-hybridized carbons (Fsp3) is 0.379. The second-order valence-electron chi connectivity index (χ2n) is 8.47. The molecule has 3 rings (SSSR count). The Balaban J connectivity index is 1.79. The molecule has 0 saturated carbocycles. The van der Waals surface area contributed by atoms with Gasteiger partial charge in [-0.3, -0.25) is 0 Å². The molecular formula is C29H36O10. The lowest BCUT2D eigenvalue weighted by atomic mass is 10.0. The van der Waals surface area contributed by atoms with Crippen LogP contribution in [0.25, 0.3) is 0 Å². The average Bonchev–Trinajstić information content (AvgIpc) is 2.98. The zero-order valence-corrected chi connectivity index (χ0v) is 22.4. The SMILES string of the molecule is CCOc1ccc([C@@H](O)[C@H](CO)Oc2ccc([C@@H](O)[C@H](CO)Oc3ccccc3OC)cc2OC)cc1OC. The van der Waals surface area contributed by atoms with Gasteiger partial charge in [-0.2, -0.15) is 0 Å². The lowest BCUT2D eigenvalue weighted by molar-refractivity contribution is -0.00267. The molecule has 10 nitrogen and oxygen atoms in total. The lowest BCUT2D eigenvalue weighted by Crippen LogP contribution is -2.30. The number of hydrogen-bond donors (Lipinski definition) is 4. The van der Waals surface area contributed by atoms with Crippen LogP contribution in [0, 0.1) is 0 Å². The predicted octanol–water partition coefficient (Wildman–Crippen LogP) is 3.06. The van der Waals surface area contributed by atoms with Gasteiger partial charge in [0.2, 0.25) is 0 Å². The first-order chi connectivity index (χ1) is 18.9. The third kappa shape index (κ3) is 7.24. The molecule has 0 fully saturated rings. The van der Waals surface area contributed by atoms with Crippen molar-refractivity contribution >= 4 is 0 Å². The van der Waals surface area contributed by atoms with Gasteiger partial charge in [-0.15, -0.1) is 0 Å². The Hall–Kier alpha value is -3.70. The van der Waals surface area contributed by atoms with Crippen molar-refractivity contribution in [2.75, 3.05) is 41.2 Å². The molecule has 0 saturated heterocycles. The summed E-state index contributed by atoms with van der Waals surface area (Å²) in [5.74, 6) is 2.28. The van der Waals surface area contributed by atoms with Gasteiger partial charge in [0.25, 0.3) is 0 Å². The zero-order chi connectivity index (χ0) is 28.4. The molecule has 3 aromatic rings. The summed E-state index contributed by atoms with van der Waals surface area (Å²) in [5.41, 5.74) is 0.852. The Morgan fingerprint density at radius 2 is 1.03 bits per heavy atom. The minimum absolute atomic E-state index is 0.232. The van der Waals surface area contributed by atoms with Crippen molar-refractivity contribution in [3.8, 4) is 34.5 Å². The van der Waals surface area contributed by atoms with Gasteiger partial charge in [0.05, 0.1) is 41.2 Å². The van der Waals surface area contributed by atoms with Crippen LogP contribution in [0.5, 0.6) is 34.5 Å². The van der Waals surface area contributed by atoms with Gasteiger partial charge in [-0.05, 0) is 54.4 Å². The molecule has 4 N–H and O–H groups in total. The van der Waals surface area contributed by atoms with Crippen molar-refractivity contribution in [2.24, 2.45) is 0 Å². The molecule has 0 unspecified atom stereocenters. The van der Waals surface area contributed by atoms with Gasteiger partial charge in [0.1, 0.15) is 12.2 Å². The van der Waals surface area contributed by atoms with Crippen LogP contribution in [-0.2, 0) is 0 Å². The van der Waals surface area contributed by atoms with E-state index in [2.05, 4.69) is 0 Å². The van der Waals surface area contributed by atoms with Gasteiger partial charge in [0, 0.05) is 0 Å². The highest BCUT2D eigenvalue weighted by Crippen LogP contribution is 2.36. The van der Waals surface area contributed by atoms with Crippen molar-refractivity contribution in [1.29, 1.82) is 0 Å². The van der Waals surface area contributed by atoms with Crippen LogP contribution in [-0.4, -0.2) is 73.8 Å². The second kappa shape index (κ2) is 14.5. The molecule has 0 radical (unpaired) electrons. The standard InChI is InChI=1S/C29H36O10/c1-5-37-21-12-10-18(14-24(21)35-3)28(32)27(17-31)39-23-13-11-19(15-25(23)36-4)29(33)26(16-30)38-22-9-7-6-8-20(22)34-2/h6-15,26-33H,5,16-17H2,1-4H3/t26-,27-,28+,29+/m0/s1. The first-order valence-electron chi connectivity index (χ1n) is 12.4. The summed E-state index contributed by atoms with van der Waals surface area (Å²) in [6.07, 6.45) is -4.48. The lowest BCUT2D eigenvalue weighted by Gasteiger charge is -2.26. The first kappa shape index (κ1) is 29.9. The van der Waals surface area contributed by atoms with E-state index in [1.807, 2.05) is 6.92 Å². The van der Waals surface area contributed by atoms with Gasteiger partial charge >= 0.3 is 0 Å². The molecule has 0 aliphatic carbocycles. The summed E-state index contributed by atoms with van der Waals surface area (Å²) in [7, 11) is 4.42. The maximum absolute atomic E-state index is 11.0. The second-order valence-corrected chi connectivity index (χ2v) is 8.47. The van der Waals surface area contributed by atoms with Crippen LogP contribution in [0.4, 0.5) is 0 Å². The van der Waals surface area contributed by atoms with Gasteiger partial charge in [-0.1, -0.05) is 24.3 Å². The van der Waals surface area contributed by atoms with Crippen molar-refractivity contribution < 1.29 is 48.8 Å². The molecule has 212 valence electrons. The monoisotopic (exact) mass is 544 g/mol. The number of para-hydroxylation sites is 2. The van der Waals surface area contributed by atoms with Gasteiger partial charge in [-0.25, -0.2) is 0 Å². The third-order valence-corrected chi connectivity index (χ3v) is 6.05. The highest BCUT2D eigenvalue weighted by molar-refractivity contribution is 5.46. The van der Waals surface area contributed by atoms with E-state index in [9.17, 15) is 20.4 Å². The molecule has 0 aromatic heterocycles. The molecule has 3 aromatic carbocycles. The van der Waals surface area contributed by atoms with E-state index in [0.29, 0.717) is 40.7 Å². The predicted molar refractivity (Wildman–Crippen MR) is 143 cm³/mol. The molecule has 0 aliphatic rings. The molecule has 0 heterocycles. The van der Waals surface area contributed by atoms with Crippen LogP contribution in [0.3, 0.4) is 0 Å². The third-order valence-electron chi connectivity index (χ3n) is 6.05. The quantitative estimate of drug-likeness (QED) is 0.226. The van der Waals surface area contributed by atoms with E-state index < -0.39 is 37.6 Å². The van der Waals surface area contributed by atoms with E-state index in [1.165, 1.54) is 27.4 Å². The number of ether oxygens (including phenoxy) is 6. The fourth-order valence-corrected chi connectivity index (χ4v) is 3.98. The molecule has 0 aliphatic heterocycles. The smallest absolute Gasteiger partial charge is 0.161 e. The molecule has 0 amide bonds. The topological polar surface area (TPSA) is 136 Å². The molecule has 4 atom stereocenters. The highest BCUT2D eigenvalue weighted by atomic mass is 16.5. The Morgan fingerprint density at radius 3 is 1.49 bits per heavy atom. The summed E-state index contributed by atoms with van der Waals surface area (Å²) in [6.45, 7) is 1.34. The number of aliphatic hydroxyl groups is 4. The molecule has 10 heteroatoms. The number of hydrogen-bond acceptors (Lipinski definition) is 10. The molecule has 0 bridgehead atoms. The van der Waals surface area contributed by atoms with Gasteiger partial charge in [0.15, 0.2) is 46.7 Å². The summed E-state index contributed by atoms with van der Waals surface area (Å²) in [4.78, 5) is 0. The Morgan fingerprint density at radius 1 is 0.590 bits per heavy atom. The van der Waals surface area contributed by atoms with E-state index >= 15 is 0 Å². The maximum atomic E-state index is 11.0. The van der Waals surface area contributed by atoms with Crippen molar-refractivity contribution in [2.45, 2.75) is 31.3 Å². The Bertz CT molecular complexity index is 1180. The van der Waals surface area contributed by atoms with Crippen molar-refractivity contribution in [1.82, 2.24) is 0 Å². The van der Waals surface area contributed by atoms with Crippen LogP contribution in [0.2, 0.25) is 0 Å². The van der Waals surface area contributed by atoms with E-state index in [-0.39, 0.29) is 11.5 Å². The first-order valence-corrected chi connectivity index (χ1v) is 12.4. The van der Waals surface area contributed by atoms with Crippen molar-refractivity contribution in [3.63, 3.8) is 0 Å². The molecule has 0 spiro atoms. The number of methoxy groups -OCH3 is 3. The van der Waals surface area contributed by atoms with Gasteiger partial charge < -0.3 is 48.8 Å². The number of aliphatic hydroxyl groups excluding tert-OH is 4. The van der Waals surface area contributed by atoms with E-state index in [0.717, 1.165) is 0 Å². The minimum Gasteiger partial charge on any atom is -0.493 e. The maximum Gasteiger partial charge on any atom is 0.161 e. The summed E-state index contributed by atoms with van der Waals surface area (Å²) in [5, 5.41) is 41.8. The van der Waals surface area contributed by atoms with Crippen LogP contribution in [0.1, 0.15) is 30.3 Å². The molecular weight excluding hydrogens is 508 g/mol. The fourth-order valence-electron chi connectivity index (χ4n) is 3.98. The van der Waals surface area contributed by atoms with E-state index in [1.54, 1.807) is 54.6 Å². The highest BCUT2D eigenvalue weighted by Gasteiger charge is 2.27. The average molecular weight is 545 g/mol. The van der Waals surface area contributed by atoms with Crippen LogP contribution < -0.4 is 28.4 Å². The number of rotatable bonds is 15. The van der Waals surface area contributed by atoms with Crippen LogP contribution in [0.15, 0.2) is 60.7 Å². The Kier molecular flexibility index (Phi) is 11.1. The van der Waals surface area contributed by atoms with Crippen LogP contribution >= 0.6 is 0 Å². The Labute approximate surface area is 227 Å². The van der Waals surface area contributed by atoms with Crippen molar-refractivity contribution in [3.05, 3.63) is 71.8 Å². The molecule has 39 heavy (non-hydrogen) atoms. The zero-order valence-electron chi connectivity index (χ0n) is 22.4.